The van der Waals surface area contributed by atoms with Crippen LogP contribution in [0.15, 0.2) is 54.9 Å². The van der Waals surface area contributed by atoms with E-state index in [0.717, 1.165) is 28.1 Å². The number of para-hydroxylation sites is 2. The van der Waals surface area contributed by atoms with Gasteiger partial charge in [0.15, 0.2) is 0 Å². The van der Waals surface area contributed by atoms with Crippen molar-refractivity contribution in [3.05, 3.63) is 77.2 Å². The summed E-state index contributed by atoms with van der Waals surface area (Å²) in [6, 6.07) is 14.0. The number of amides is 1. The van der Waals surface area contributed by atoms with Gasteiger partial charge in [0, 0.05) is 11.4 Å². The van der Waals surface area contributed by atoms with E-state index < -0.39 is 0 Å². The lowest BCUT2D eigenvalue weighted by Gasteiger charge is -2.16. The Balaban J connectivity index is 1.76. The second-order valence-electron chi connectivity index (χ2n) is 6.87. The normalized spacial score (nSPS) is 10.7. The third-order valence-electron chi connectivity index (χ3n) is 4.46. The van der Waals surface area contributed by atoms with Gasteiger partial charge >= 0.3 is 0 Å². The highest BCUT2D eigenvalue weighted by atomic mass is 16.1. The van der Waals surface area contributed by atoms with E-state index in [1.807, 2.05) is 56.3 Å². The van der Waals surface area contributed by atoms with Gasteiger partial charge in [-0.2, -0.15) is 0 Å². The lowest BCUT2D eigenvalue weighted by atomic mass is 9.98. The van der Waals surface area contributed by atoms with E-state index in [9.17, 15) is 4.79 Å². The van der Waals surface area contributed by atoms with E-state index in [1.54, 1.807) is 6.20 Å². The van der Waals surface area contributed by atoms with Crippen molar-refractivity contribution in [2.45, 2.75) is 33.6 Å². The van der Waals surface area contributed by atoms with Gasteiger partial charge in [0.25, 0.3) is 5.91 Å². The Kier molecular flexibility index (Phi) is 5.50. The molecule has 0 radical (unpaired) electrons. The molecule has 0 aliphatic carbocycles. The molecule has 0 atom stereocenters. The van der Waals surface area contributed by atoms with Gasteiger partial charge in [-0.15, -0.1) is 0 Å². The van der Waals surface area contributed by atoms with Crippen LogP contribution in [-0.4, -0.2) is 15.9 Å². The molecule has 5 nitrogen and oxygen atoms in total. The molecule has 0 saturated heterocycles. The third kappa shape index (κ3) is 4.31. The van der Waals surface area contributed by atoms with Crippen LogP contribution in [0.4, 0.5) is 17.2 Å². The summed E-state index contributed by atoms with van der Waals surface area (Å²) in [5, 5.41) is 6.21. The molecule has 0 fully saturated rings. The maximum Gasteiger partial charge on any atom is 0.275 e. The summed E-state index contributed by atoms with van der Waals surface area (Å²) in [6.07, 6.45) is 3.06. The number of aryl methyl sites for hydroxylation is 2. The molecule has 0 spiro atoms. The first kappa shape index (κ1) is 18.6. The number of aromatic nitrogens is 2. The molecule has 138 valence electrons. The Morgan fingerprint density at radius 2 is 1.67 bits per heavy atom. The van der Waals surface area contributed by atoms with Crippen LogP contribution < -0.4 is 10.6 Å². The van der Waals surface area contributed by atoms with Crippen molar-refractivity contribution in [1.82, 2.24) is 9.97 Å². The fraction of sp³-hybridized carbons (Fsp3) is 0.227. The maximum atomic E-state index is 12.6. The first-order valence-corrected chi connectivity index (χ1v) is 9.01. The second kappa shape index (κ2) is 7.99. The molecule has 27 heavy (non-hydrogen) atoms. The standard InChI is InChI=1S/C22H24N4O/c1-14(2)17-10-7-9-16(4)21(17)26-22(27)19-12-24-20(13-23-19)25-18-11-6-5-8-15(18)3/h5-14H,1-4H3,(H,24,25)(H,26,27). The Morgan fingerprint density at radius 1 is 0.926 bits per heavy atom. The summed E-state index contributed by atoms with van der Waals surface area (Å²) in [7, 11) is 0. The van der Waals surface area contributed by atoms with E-state index in [0.29, 0.717) is 11.7 Å². The van der Waals surface area contributed by atoms with Gasteiger partial charge in [-0.3, -0.25) is 4.79 Å². The monoisotopic (exact) mass is 360 g/mol. The molecule has 3 rings (SSSR count). The first-order valence-electron chi connectivity index (χ1n) is 9.01. The van der Waals surface area contributed by atoms with Gasteiger partial charge in [-0.1, -0.05) is 50.2 Å². The number of nitrogens with one attached hydrogen (secondary N) is 2. The zero-order chi connectivity index (χ0) is 19.4. The van der Waals surface area contributed by atoms with E-state index in [2.05, 4.69) is 34.4 Å². The minimum Gasteiger partial charge on any atom is -0.339 e. The minimum atomic E-state index is -0.263. The van der Waals surface area contributed by atoms with Crippen molar-refractivity contribution < 1.29 is 4.79 Å². The zero-order valence-electron chi connectivity index (χ0n) is 16.1. The fourth-order valence-corrected chi connectivity index (χ4v) is 2.88. The van der Waals surface area contributed by atoms with Crippen molar-refractivity contribution in [3.8, 4) is 0 Å². The Hall–Kier alpha value is -3.21. The molecule has 0 aliphatic heterocycles. The quantitative estimate of drug-likeness (QED) is 0.655. The first-order chi connectivity index (χ1) is 13.0. The highest BCUT2D eigenvalue weighted by Crippen LogP contribution is 2.27. The number of nitrogens with zero attached hydrogens (tertiary/aromatic N) is 2. The van der Waals surface area contributed by atoms with Gasteiger partial charge in [0.1, 0.15) is 11.5 Å². The number of rotatable bonds is 5. The summed E-state index contributed by atoms with van der Waals surface area (Å²) >= 11 is 0. The predicted octanol–water partition coefficient (Wildman–Crippen LogP) is 5.21. The van der Waals surface area contributed by atoms with E-state index in [4.69, 9.17) is 0 Å². The summed E-state index contributed by atoms with van der Waals surface area (Å²) in [6.45, 7) is 8.22. The van der Waals surface area contributed by atoms with Gasteiger partial charge in [-0.25, -0.2) is 9.97 Å². The molecule has 0 bridgehead atoms. The lowest BCUT2D eigenvalue weighted by Crippen LogP contribution is -2.16. The number of anilines is 3. The Labute approximate surface area is 159 Å². The second-order valence-corrected chi connectivity index (χ2v) is 6.87. The summed E-state index contributed by atoms with van der Waals surface area (Å²) < 4.78 is 0. The van der Waals surface area contributed by atoms with Crippen molar-refractivity contribution in [2.24, 2.45) is 0 Å². The number of benzene rings is 2. The lowest BCUT2D eigenvalue weighted by molar-refractivity contribution is 0.102. The third-order valence-corrected chi connectivity index (χ3v) is 4.46. The predicted molar refractivity (Wildman–Crippen MR) is 110 cm³/mol. The molecule has 0 unspecified atom stereocenters. The van der Waals surface area contributed by atoms with E-state index in [-0.39, 0.29) is 11.6 Å². The van der Waals surface area contributed by atoms with E-state index >= 15 is 0 Å². The Bertz CT molecular complexity index is 949. The van der Waals surface area contributed by atoms with Crippen LogP contribution >= 0.6 is 0 Å². The number of hydrogen-bond donors (Lipinski definition) is 2. The van der Waals surface area contributed by atoms with Crippen molar-refractivity contribution >= 4 is 23.1 Å². The molecule has 0 saturated carbocycles. The fourth-order valence-electron chi connectivity index (χ4n) is 2.88. The van der Waals surface area contributed by atoms with E-state index in [1.165, 1.54) is 6.20 Å². The molecule has 1 heterocycles. The van der Waals surface area contributed by atoms with Gasteiger partial charge in [0.2, 0.25) is 0 Å². The zero-order valence-corrected chi connectivity index (χ0v) is 16.1. The van der Waals surface area contributed by atoms with Crippen LogP contribution in [0, 0.1) is 13.8 Å². The molecule has 2 N–H and O–H groups in total. The van der Waals surface area contributed by atoms with Gasteiger partial charge < -0.3 is 10.6 Å². The molecule has 1 amide bonds. The molecular formula is C22H24N4O. The minimum absolute atomic E-state index is 0.263. The molecule has 3 aromatic rings. The van der Waals surface area contributed by atoms with Crippen LogP contribution in [0.25, 0.3) is 0 Å². The van der Waals surface area contributed by atoms with Gasteiger partial charge in [0.05, 0.1) is 12.4 Å². The average Bonchev–Trinajstić information content (AvgIpc) is 2.65. The summed E-state index contributed by atoms with van der Waals surface area (Å²) in [5.41, 5.74) is 5.34. The number of carbonyl (C=O) groups is 1. The molecule has 1 aromatic heterocycles. The SMILES string of the molecule is Cc1ccccc1Nc1cnc(C(=O)Nc2c(C)cccc2C(C)C)cn1. The molecular weight excluding hydrogens is 336 g/mol. The van der Waals surface area contributed by atoms with Crippen LogP contribution in [0.1, 0.15) is 46.9 Å². The highest BCUT2D eigenvalue weighted by molar-refractivity contribution is 6.03. The summed E-state index contributed by atoms with van der Waals surface area (Å²) in [4.78, 5) is 21.2. The maximum absolute atomic E-state index is 12.6. The van der Waals surface area contributed by atoms with Crippen LogP contribution in [0.3, 0.4) is 0 Å². The van der Waals surface area contributed by atoms with Gasteiger partial charge in [-0.05, 0) is 42.5 Å². The molecule has 2 aromatic carbocycles. The molecule has 5 heteroatoms. The van der Waals surface area contributed by atoms with Crippen LogP contribution in [0.5, 0.6) is 0 Å². The van der Waals surface area contributed by atoms with Crippen molar-refractivity contribution in [2.75, 3.05) is 10.6 Å². The summed E-state index contributed by atoms with van der Waals surface area (Å²) in [5.74, 6) is 0.646. The number of carbonyl (C=O) groups excluding carboxylic acids is 1. The van der Waals surface area contributed by atoms with Crippen molar-refractivity contribution in [3.63, 3.8) is 0 Å². The average molecular weight is 360 g/mol. The topological polar surface area (TPSA) is 66.9 Å². The molecule has 0 aliphatic rings. The number of hydrogen-bond acceptors (Lipinski definition) is 4. The largest absolute Gasteiger partial charge is 0.339 e. The van der Waals surface area contributed by atoms with Crippen LogP contribution in [-0.2, 0) is 0 Å². The smallest absolute Gasteiger partial charge is 0.275 e. The highest BCUT2D eigenvalue weighted by Gasteiger charge is 2.14. The van der Waals surface area contributed by atoms with Crippen LogP contribution in [0.2, 0.25) is 0 Å². The Morgan fingerprint density at radius 3 is 2.33 bits per heavy atom. The van der Waals surface area contributed by atoms with Crippen molar-refractivity contribution in [1.29, 1.82) is 0 Å².